The molecule has 4 rings (SSSR count). The minimum absolute atomic E-state index is 0.723. The molecule has 4 aromatic rings. The van der Waals surface area contributed by atoms with Gasteiger partial charge in [0.1, 0.15) is 11.2 Å². The first-order valence-electron chi connectivity index (χ1n) is 6.59. The van der Waals surface area contributed by atoms with Crippen molar-refractivity contribution in [1.29, 1.82) is 0 Å². The first kappa shape index (κ1) is 12.9. The lowest BCUT2D eigenvalue weighted by Gasteiger charge is -2.05. The summed E-state index contributed by atoms with van der Waals surface area (Å²) in [7, 11) is 0. The molecule has 1 heterocycles. The summed E-state index contributed by atoms with van der Waals surface area (Å²) in [5.74, 6) is 0. The van der Waals surface area contributed by atoms with Gasteiger partial charge < -0.3 is 4.42 Å². The summed E-state index contributed by atoms with van der Waals surface area (Å²) in [5.41, 5.74) is 4.08. The van der Waals surface area contributed by atoms with Crippen molar-refractivity contribution < 1.29 is 4.42 Å². The van der Waals surface area contributed by atoms with Crippen LogP contribution in [0.1, 0.15) is 0 Å². The Kier molecular flexibility index (Phi) is 3.02. The fraction of sp³-hybridized carbons (Fsp3) is 0. The van der Waals surface area contributed by atoms with Crippen LogP contribution in [0.15, 0.2) is 69.6 Å². The summed E-state index contributed by atoms with van der Waals surface area (Å²) in [6.45, 7) is 0. The number of benzene rings is 3. The second-order valence-electron chi connectivity index (χ2n) is 4.93. The lowest BCUT2D eigenvalue weighted by molar-refractivity contribution is 0.669. The summed E-state index contributed by atoms with van der Waals surface area (Å²) >= 11 is 9.60. The van der Waals surface area contributed by atoms with Gasteiger partial charge in [-0.3, -0.25) is 0 Å². The van der Waals surface area contributed by atoms with Crippen LogP contribution >= 0.6 is 27.5 Å². The molecule has 21 heavy (non-hydrogen) atoms. The maximum atomic E-state index is 6.02. The zero-order valence-electron chi connectivity index (χ0n) is 10.9. The predicted octanol–water partition coefficient (Wildman–Crippen LogP) is 6.67. The van der Waals surface area contributed by atoms with Crippen molar-refractivity contribution in [1.82, 2.24) is 0 Å². The van der Waals surface area contributed by atoms with E-state index >= 15 is 0 Å². The molecule has 1 nitrogen and oxygen atoms in total. The Morgan fingerprint density at radius 2 is 1.62 bits per heavy atom. The van der Waals surface area contributed by atoms with Crippen LogP contribution in [-0.4, -0.2) is 0 Å². The van der Waals surface area contributed by atoms with E-state index in [1.807, 2.05) is 42.5 Å². The third kappa shape index (κ3) is 2.15. The van der Waals surface area contributed by atoms with Crippen LogP contribution in [-0.2, 0) is 0 Å². The zero-order chi connectivity index (χ0) is 14.4. The van der Waals surface area contributed by atoms with E-state index in [1.54, 1.807) is 0 Å². The number of fused-ring (bicyclic) bond motifs is 3. The van der Waals surface area contributed by atoms with E-state index in [1.165, 1.54) is 0 Å². The van der Waals surface area contributed by atoms with E-state index in [0.29, 0.717) is 0 Å². The summed E-state index contributed by atoms with van der Waals surface area (Å²) in [5, 5.41) is 2.99. The highest BCUT2D eigenvalue weighted by Crippen LogP contribution is 2.35. The molecule has 0 atom stereocenters. The smallest absolute Gasteiger partial charge is 0.135 e. The Labute approximate surface area is 135 Å². The molecular weight excluding hydrogens is 348 g/mol. The Bertz CT molecular complexity index is 971. The quantitative estimate of drug-likeness (QED) is 0.371. The van der Waals surface area contributed by atoms with E-state index in [0.717, 1.165) is 42.6 Å². The predicted molar refractivity (Wildman–Crippen MR) is 91.9 cm³/mol. The van der Waals surface area contributed by atoms with Gasteiger partial charge in [0.15, 0.2) is 0 Å². The maximum absolute atomic E-state index is 6.02. The van der Waals surface area contributed by atoms with Gasteiger partial charge in [-0.1, -0.05) is 57.9 Å². The second kappa shape index (κ2) is 4.90. The van der Waals surface area contributed by atoms with Crippen molar-refractivity contribution >= 4 is 49.5 Å². The van der Waals surface area contributed by atoms with Crippen molar-refractivity contribution in [2.75, 3.05) is 0 Å². The molecule has 0 N–H and O–H groups in total. The molecule has 0 saturated heterocycles. The molecule has 0 saturated carbocycles. The van der Waals surface area contributed by atoms with Gasteiger partial charge in [0.25, 0.3) is 0 Å². The third-order valence-corrected chi connectivity index (χ3v) is 4.51. The molecule has 0 radical (unpaired) electrons. The van der Waals surface area contributed by atoms with Gasteiger partial charge >= 0.3 is 0 Å². The molecule has 0 amide bonds. The highest BCUT2D eigenvalue weighted by atomic mass is 79.9. The minimum Gasteiger partial charge on any atom is -0.456 e. The van der Waals surface area contributed by atoms with E-state index in [4.69, 9.17) is 16.0 Å². The van der Waals surface area contributed by atoms with Gasteiger partial charge in [0.2, 0.25) is 0 Å². The first-order valence-corrected chi connectivity index (χ1v) is 7.76. The Balaban J connectivity index is 1.99. The lowest BCUT2D eigenvalue weighted by Crippen LogP contribution is -1.80. The normalized spacial score (nSPS) is 11.3. The van der Waals surface area contributed by atoms with Crippen LogP contribution in [0.2, 0.25) is 5.02 Å². The molecule has 102 valence electrons. The van der Waals surface area contributed by atoms with E-state index in [2.05, 4.69) is 34.1 Å². The molecular formula is C18H10BrClO. The average Bonchev–Trinajstić information content (AvgIpc) is 2.85. The van der Waals surface area contributed by atoms with Crippen LogP contribution in [0.5, 0.6) is 0 Å². The standard InChI is InChI=1S/C18H10BrClO/c19-16-10-12(20)6-7-13(16)11-5-8-18-15(9-11)14-3-1-2-4-17(14)21-18/h1-10H. The Morgan fingerprint density at radius 3 is 2.48 bits per heavy atom. The van der Waals surface area contributed by atoms with E-state index in [-0.39, 0.29) is 0 Å². The molecule has 0 spiro atoms. The summed E-state index contributed by atoms with van der Waals surface area (Å²) in [6.07, 6.45) is 0. The van der Waals surface area contributed by atoms with Gasteiger partial charge in [-0.15, -0.1) is 0 Å². The molecule has 0 aliphatic rings. The van der Waals surface area contributed by atoms with Gasteiger partial charge in [-0.2, -0.15) is 0 Å². The monoisotopic (exact) mass is 356 g/mol. The number of hydrogen-bond acceptors (Lipinski definition) is 1. The van der Waals surface area contributed by atoms with Gasteiger partial charge in [0.05, 0.1) is 0 Å². The summed E-state index contributed by atoms with van der Waals surface area (Å²) in [4.78, 5) is 0. The number of rotatable bonds is 1. The number of para-hydroxylation sites is 1. The summed E-state index contributed by atoms with van der Waals surface area (Å²) < 4.78 is 6.85. The minimum atomic E-state index is 0.723. The van der Waals surface area contributed by atoms with Crippen molar-refractivity contribution in [2.45, 2.75) is 0 Å². The van der Waals surface area contributed by atoms with Crippen LogP contribution in [0.3, 0.4) is 0 Å². The van der Waals surface area contributed by atoms with Crippen molar-refractivity contribution in [3.8, 4) is 11.1 Å². The van der Waals surface area contributed by atoms with Crippen LogP contribution < -0.4 is 0 Å². The van der Waals surface area contributed by atoms with Crippen LogP contribution in [0.4, 0.5) is 0 Å². The van der Waals surface area contributed by atoms with Crippen molar-refractivity contribution in [3.05, 3.63) is 70.2 Å². The molecule has 1 aromatic heterocycles. The molecule has 0 unspecified atom stereocenters. The maximum Gasteiger partial charge on any atom is 0.135 e. The third-order valence-electron chi connectivity index (χ3n) is 3.62. The van der Waals surface area contributed by atoms with Crippen molar-refractivity contribution in [3.63, 3.8) is 0 Å². The van der Waals surface area contributed by atoms with Crippen LogP contribution in [0, 0.1) is 0 Å². The summed E-state index contributed by atoms with van der Waals surface area (Å²) in [6, 6.07) is 20.2. The molecule has 0 aliphatic carbocycles. The van der Waals surface area contributed by atoms with Crippen LogP contribution in [0.25, 0.3) is 33.1 Å². The van der Waals surface area contributed by atoms with Crippen molar-refractivity contribution in [2.24, 2.45) is 0 Å². The largest absolute Gasteiger partial charge is 0.456 e. The highest BCUT2D eigenvalue weighted by molar-refractivity contribution is 9.10. The molecule has 0 aliphatic heterocycles. The molecule has 0 bridgehead atoms. The molecule has 3 aromatic carbocycles. The fourth-order valence-electron chi connectivity index (χ4n) is 2.62. The topological polar surface area (TPSA) is 13.1 Å². The average molecular weight is 358 g/mol. The van der Waals surface area contributed by atoms with Gasteiger partial charge in [0, 0.05) is 20.3 Å². The Morgan fingerprint density at radius 1 is 0.810 bits per heavy atom. The number of halogens is 2. The number of hydrogen-bond donors (Lipinski definition) is 0. The number of furan rings is 1. The van der Waals surface area contributed by atoms with Gasteiger partial charge in [-0.05, 0) is 41.5 Å². The Hall–Kier alpha value is -1.77. The highest BCUT2D eigenvalue weighted by Gasteiger charge is 2.09. The fourth-order valence-corrected chi connectivity index (χ4v) is 3.53. The van der Waals surface area contributed by atoms with Gasteiger partial charge in [-0.25, -0.2) is 0 Å². The lowest BCUT2D eigenvalue weighted by atomic mass is 10.0. The van der Waals surface area contributed by atoms with E-state index in [9.17, 15) is 0 Å². The first-order chi connectivity index (χ1) is 10.2. The van der Waals surface area contributed by atoms with E-state index < -0.39 is 0 Å². The SMILES string of the molecule is Clc1ccc(-c2ccc3oc4ccccc4c3c2)c(Br)c1. The second-order valence-corrected chi connectivity index (χ2v) is 6.22. The molecule has 0 fully saturated rings. The zero-order valence-corrected chi connectivity index (χ0v) is 13.3. The molecule has 3 heteroatoms.